The van der Waals surface area contributed by atoms with Crippen molar-refractivity contribution in [1.29, 1.82) is 0 Å². The van der Waals surface area contributed by atoms with Crippen LogP contribution in [0.4, 0.5) is 5.13 Å². The average Bonchev–Trinajstić information content (AvgIpc) is 2.56. The molecule has 6 heteroatoms. The van der Waals surface area contributed by atoms with E-state index < -0.39 is 0 Å². The molecule has 1 aromatic carbocycles. The summed E-state index contributed by atoms with van der Waals surface area (Å²) in [7, 11) is 0. The van der Waals surface area contributed by atoms with Gasteiger partial charge >= 0.3 is 0 Å². The van der Waals surface area contributed by atoms with Crippen molar-refractivity contribution in [2.24, 2.45) is 5.84 Å². The number of nitrogens with one attached hydrogen (secondary N) is 1. The van der Waals surface area contributed by atoms with E-state index in [2.05, 4.69) is 42.3 Å². The van der Waals surface area contributed by atoms with Crippen molar-refractivity contribution < 1.29 is 0 Å². The van der Waals surface area contributed by atoms with Crippen LogP contribution in [0.1, 0.15) is 0 Å². The Kier molecular flexibility index (Phi) is 2.55. The third-order valence-electron chi connectivity index (χ3n) is 1.57. The van der Waals surface area contributed by atoms with Gasteiger partial charge in [-0.2, -0.15) is 0 Å². The quantitative estimate of drug-likeness (QED) is 0.626. The Morgan fingerprint density at radius 1 is 1.31 bits per heavy atom. The predicted molar refractivity (Wildman–Crippen MR) is 62.8 cm³/mol. The fourth-order valence-electron chi connectivity index (χ4n) is 1.01. The number of anilines is 1. The van der Waals surface area contributed by atoms with Crippen molar-refractivity contribution in [2.45, 2.75) is 0 Å². The first-order chi connectivity index (χ1) is 6.22. The SMILES string of the molecule is NNc1nc2c(Br)ccc(Br)c2s1. The molecule has 0 aliphatic carbocycles. The van der Waals surface area contributed by atoms with Gasteiger partial charge in [0.15, 0.2) is 5.13 Å². The van der Waals surface area contributed by atoms with Gasteiger partial charge in [-0.1, -0.05) is 11.3 Å². The summed E-state index contributed by atoms with van der Waals surface area (Å²) in [5.41, 5.74) is 3.46. The van der Waals surface area contributed by atoms with Crippen LogP contribution < -0.4 is 11.3 Å². The molecule has 1 heterocycles. The second-order valence-electron chi connectivity index (χ2n) is 2.37. The largest absolute Gasteiger partial charge is 0.300 e. The highest BCUT2D eigenvalue weighted by atomic mass is 79.9. The number of thiazole rings is 1. The number of fused-ring (bicyclic) bond motifs is 1. The number of aromatic nitrogens is 1. The first-order valence-electron chi connectivity index (χ1n) is 3.43. The maximum absolute atomic E-state index is 5.28. The first kappa shape index (κ1) is 9.39. The van der Waals surface area contributed by atoms with Crippen molar-refractivity contribution in [2.75, 3.05) is 5.43 Å². The zero-order chi connectivity index (χ0) is 9.42. The van der Waals surface area contributed by atoms with E-state index in [1.54, 1.807) is 0 Å². The molecular weight excluding hydrogens is 318 g/mol. The Morgan fingerprint density at radius 3 is 2.62 bits per heavy atom. The number of hydrogen-bond donors (Lipinski definition) is 2. The van der Waals surface area contributed by atoms with Gasteiger partial charge in [-0.3, -0.25) is 5.43 Å². The Hall–Kier alpha value is -0.170. The van der Waals surface area contributed by atoms with Gasteiger partial charge in [0.25, 0.3) is 0 Å². The number of hydrogen-bond acceptors (Lipinski definition) is 4. The lowest BCUT2D eigenvalue weighted by Crippen LogP contribution is -2.05. The van der Waals surface area contributed by atoms with Gasteiger partial charge in [-0.15, -0.1) is 0 Å². The number of nitrogen functional groups attached to an aromatic ring is 1. The molecule has 0 fully saturated rings. The van der Waals surface area contributed by atoms with Crippen LogP contribution in [-0.2, 0) is 0 Å². The molecular formula is C7H5Br2N3S. The van der Waals surface area contributed by atoms with Gasteiger partial charge in [0.2, 0.25) is 0 Å². The summed E-state index contributed by atoms with van der Waals surface area (Å²) in [5, 5.41) is 0.711. The minimum atomic E-state index is 0.711. The summed E-state index contributed by atoms with van der Waals surface area (Å²) in [6.07, 6.45) is 0. The number of hydrazine groups is 1. The molecule has 0 spiro atoms. The van der Waals surface area contributed by atoms with E-state index in [4.69, 9.17) is 5.84 Å². The first-order valence-corrected chi connectivity index (χ1v) is 5.84. The second-order valence-corrected chi connectivity index (χ2v) is 5.08. The van der Waals surface area contributed by atoms with Crippen molar-refractivity contribution in [3.05, 3.63) is 21.1 Å². The molecule has 0 radical (unpaired) electrons. The van der Waals surface area contributed by atoms with Crippen LogP contribution in [0.3, 0.4) is 0 Å². The molecule has 0 bridgehead atoms. The van der Waals surface area contributed by atoms with Crippen molar-refractivity contribution >= 4 is 58.5 Å². The number of benzene rings is 1. The molecule has 0 amide bonds. The highest BCUT2D eigenvalue weighted by Gasteiger charge is 2.08. The van der Waals surface area contributed by atoms with Crippen molar-refractivity contribution in [3.63, 3.8) is 0 Å². The number of nitrogens with zero attached hydrogens (tertiary/aromatic N) is 1. The van der Waals surface area contributed by atoms with E-state index in [0.717, 1.165) is 19.2 Å². The Bertz CT molecular complexity index is 415. The van der Waals surface area contributed by atoms with Gasteiger partial charge in [-0.25, -0.2) is 10.8 Å². The van der Waals surface area contributed by atoms with Gasteiger partial charge < -0.3 is 0 Å². The maximum atomic E-state index is 5.28. The molecule has 0 aliphatic rings. The molecule has 0 unspecified atom stereocenters. The topological polar surface area (TPSA) is 50.9 Å². The molecule has 0 aliphatic heterocycles. The van der Waals surface area contributed by atoms with E-state index in [9.17, 15) is 0 Å². The molecule has 3 nitrogen and oxygen atoms in total. The lowest BCUT2D eigenvalue weighted by molar-refractivity contribution is 1.31. The summed E-state index contributed by atoms with van der Waals surface area (Å²) in [6.45, 7) is 0. The van der Waals surface area contributed by atoms with Crippen molar-refractivity contribution in [1.82, 2.24) is 4.98 Å². The molecule has 0 atom stereocenters. The van der Waals surface area contributed by atoms with Gasteiger partial charge in [0, 0.05) is 8.95 Å². The van der Waals surface area contributed by atoms with E-state index in [1.165, 1.54) is 11.3 Å². The van der Waals surface area contributed by atoms with Crippen LogP contribution in [0.25, 0.3) is 10.2 Å². The molecule has 13 heavy (non-hydrogen) atoms. The van der Waals surface area contributed by atoms with Crippen molar-refractivity contribution in [3.8, 4) is 0 Å². The maximum Gasteiger partial charge on any atom is 0.198 e. The zero-order valence-corrected chi connectivity index (χ0v) is 10.3. The van der Waals surface area contributed by atoms with Crippen LogP contribution in [-0.4, -0.2) is 4.98 Å². The van der Waals surface area contributed by atoms with Crippen LogP contribution in [0, 0.1) is 0 Å². The molecule has 2 aromatic rings. The highest BCUT2D eigenvalue weighted by Crippen LogP contribution is 2.35. The summed E-state index contributed by atoms with van der Waals surface area (Å²) in [6, 6.07) is 3.93. The molecule has 1 aromatic heterocycles. The zero-order valence-electron chi connectivity index (χ0n) is 6.34. The number of nitrogens with two attached hydrogens (primary N) is 1. The van der Waals surface area contributed by atoms with E-state index >= 15 is 0 Å². The van der Waals surface area contributed by atoms with E-state index in [0.29, 0.717) is 5.13 Å². The molecule has 3 N–H and O–H groups in total. The van der Waals surface area contributed by atoms with Crippen LogP contribution >= 0.6 is 43.2 Å². The van der Waals surface area contributed by atoms with Gasteiger partial charge in [-0.05, 0) is 44.0 Å². The second kappa shape index (κ2) is 3.53. The predicted octanol–water partition coefficient (Wildman–Crippen LogP) is 3.11. The molecule has 0 saturated heterocycles. The van der Waals surface area contributed by atoms with Crippen LogP contribution in [0.2, 0.25) is 0 Å². The minimum Gasteiger partial charge on any atom is -0.300 e. The average molecular weight is 323 g/mol. The lowest BCUT2D eigenvalue weighted by Gasteiger charge is -1.93. The summed E-state index contributed by atoms with van der Waals surface area (Å²) in [4.78, 5) is 4.30. The third kappa shape index (κ3) is 1.59. The van der Waals surface area contributed by atoms with Crippen LogP contribution in [0.15, 0.2) is 21.1 Å². The Morgan fingerprint density at radius 2 is 2.00 bits per heavy atom. The minimum absolute atomic E-state index is 0.711. The van der Waals surface area contributed by atoms with E-state index in [-0.39, 0.29) is 0 Å². The third-order valence-corrected chi connectivity index (χ3v) is 4.15. The summed E-state index contributed by atoms with van der Waals surface area (Å²) in [5.74, 6) is 5.28. The summed E-state index contributed by atoms with van der Waals surface area (Å²) < 4.78 is 3.09. The molecule has 68 valence electrons. The fourth-order valence-corrected chi connectivity index (χ4v) is 2.93. The normalized spacial score (nSPS) is 10.7. The standard InChI is InChI=1S/C7H5Br2N3S/c8-3-1-2-4(9)6-5(3)11-7(12-10)13-6/h1-2H,10H2,(H,11,12). The smallest absolute Gasteiger partial charge is 0.198 e. The lowest BCUT2D eigenvalue weighted by atomic mass is 10.3. The Balaban J connectivity index is 2.80. The summed E-state index contributed by atoms with van der Waals surface area (Å²) >= 11 is 8.40. The Labute approximate surface area is 95.6 Å². The monoisotopic (exact) mass is 321 g/mol. The molecule has 2 rings (SSSR count). The van der Waals surface area contributed by atoms with Gasteiger partial charge in [0.1, 0.15) is 0 Å². The van der Waals surface area contributed by atoms with Gasteiger partial charge in [0.05, 0.1) is 10.2 Å². The molecule has 0 saturated carbocycles. The fraction of sp³-hybridized carbons (Fsp3) is 0. The highest BCUT2D eigenvalue weighted by molar-refractivity contribution is 9.11. The van der Waals surface area contributed by atoms with Crippen LogP contribution in [0.5, 0.6) is 0 Å². The number of rotatable bonds is 1. The van der Waals surface area contributed by atoms with E-state index in [1.807, 2.05) is 12.1 Å². The number of halogens is 2.